The lowest BCUT2D eigenvalue weighted by molar-refractivity contribution is 0.464. The van der Waals surface area contributed by atoms with Crippen LogP contribution in [0.25, 0.3) is 0 Å². The Labute approximate surface area is 92.2 Å². The smallest absolute Gasteiger partial charge is 0.0323 e. The molecule has 0 fully saturated rings. The van der Waals surface area contributed by atoms with E-state index in [4.69, 9.17) is 0 Å². The fourth-order valence-electron chi connectivity index (χ4n) is 2.32. The molecule has 1 heterocycles. The maximum Gasteiger partial charge on any atom is 0.0323 e. The van der Waals surface area contributed by atoms with Crippen LogP contribution in [0.15, 0.2) is 36.9 Å². The molecule has 1 aliphatic heterocycles. The Morgan fingerprint density at radius 3 is 3.13 bits per heavy atom. The first-order valence-corrected chi connectivity index (χ1v) is 5.84. The monoisotopic (exact) mass is 201 g/mol. The molecule has 0 saturated heterocycles. The Bertz CT molecular complexity index is 330. The summed E-state index contributed by atoms with van der Waals surface area (Å²) in [5.74, 6) is 0. The standard InChI is InChI=1S/C14H19N/c1-2-3-4-9-14-13-8-6-5-7-12(13)10-11-15-14/h2,5-8,14-15H,1,3-4,9-11H2. The van der Waals surface area contributed by atoms with Gasteiger partial charge in [0.2, 0.25) is 0 Å². The average Bonchev–Trinajstić information content (AvgIpc) is 2.30. The molecule has 1 unspecified atom stereocenters. The molecular formula is C14H19N. The van der Waals surface area contributed by atoms with Gasteiger partial charge in [-0.3, -0.25) is 0 Å². The normalized spacial score (nSPS) is 19.6. The molecular weight excluding hydrogens is 182 g/mol. The van der Waals surface area contributed by atoms with E-state index in [1.54, 1.807) is 0 Å². The van der Waals surface area contributed by atoms with Crippen molar-refractivity contribution in [2.24, 2.45) is 0 Å². The van der Waals surface area contributed by atoms with Crippen molar-refractivity contribution in [3.8, 4) is 0 Å². The van der Waals surface area contributed by atoms with Crippen molar-refractivity contribution < 1.29 is 0 Å². The molecule has 15 heavy (non-hydrogen) atoms. The molecule has 1 aromatic rings. The van der Waals surface area contributed by atoms with E-state index >= 15 is 0 Å². The Kier molecular flexibility index (Phi) is 3.57. The van der Waals surface area contributed by atoms with E-state index in [9.17, 15) is 0 Å². The highest BCUT2D eigenvalue weighted by atomic mass is 14.9. The second kappa shape index (κ2) is 5.13. The SMILES string of the molecule is C=CCCCC1NCCc2ccccc21. The number of rotatable bonds is 4. The first-order valence-electron chi connectivity index (χ1n) is 5.84. The van der Waals surface area contributed by atoms with Crippen LogP contribution < -0.4 is 5.32 Å². The number of nitrogens with one attached hydrogen (secondary N) is 1. The molecule has 1 nitrogen and oxygen atoms in total. The summed E-state index contributed by atoms with van der Waals surface area (Å²) >= 11 is 0. The third kappa shape index (κ3) is 2.48. The van der Waals surface area contributed by atoms with Gasteiger partial charge in [-0.2, -0.15) is 0 Å². The van der Waals surface area contributed by atoms with E-state index < -0.39 is 0 Å². The van der Waals surface area contributed by atoms with Gasteiger partial charge >= 0.3 is 0 Å². The van der Waals surface area contributed by atoms with Crippen molar-refractivity contribution in [3.63, 3.8) is 0 Å². The third-order valence-corrected chi connectivity index (χ3v) is 3.12. The van der Waals surface area contributed by atoms with Gasteiger partial charge < -0.3 is 5.32 Å². The second-order valence-corrected chi connectivity index (χ2v) is 4.18. The van der Waals surface area contributed by atoms with Crippen LogP contribution in [0.5, 0.6) is 0 Å². The zero-order valence-electron chi connectivity index (χ0n) is 9.21. The number of benzene rings is 1. The molecule has 1 aliphatic rings. The van der Waals surface area contributed by atoms with Gasteiger partial charge in [0.15, 0.2) is 0 Å². The fourth-order valence-corrected chi connectivity index (χ4v) is 2.32. The Morgan fingerprint density at radius 1 is 1.40 bits per heavy atom. The van der Waals surface area contributed by atoms with E-state index in [-0.39, 0.29) is 0 Å². The summed E-state index contributed by atoms with van der Waals surface area (Å²) in [6.45, 7) is 4.89. The highest BCUT2D eigenvalue weighted by molar-refractivity contribution is 5.32. The van der Waals surface area contributed by atoms with Gasteiger partial charge in [-0.1, -0.05) is 30.3 Å². The summed E-state index contributed by atoms with van der Waals surface area (Å²) in [5, 5.41) is 3.60. The van der Waals surface area contributed by atoms with E-state index in [2.05, 4.69) is 36.2 Å². The van der Waals surface area contributed by atoms with Crippen LogP contribution in [0.3, 0.4) is 0 Å². The highest BCUT2D eigenvalue weighted by Crippen LogP contribution is 2.26. The van der Waals surface area contributed by atoms with Gasteiger partial charge in [-0.05, 0) is 43.4 Å². The van der Waals surface area contributed by atoms with E-state index in [0.717, 1.165) is 13.0 Å². The number of allylic oxidation sites excluding steroid dienone is 1. The molecule has 0 radical (unpaired) electrons. The van der Waals surface area contributed by atoms with Crippen molar-refractivity contribution in [1.29, 1.82) is 0 Å². The summed E-state index contributed by atoms with van der Waals surface area (Å²) in [6.07, 6.45) is 6.77. The predicted octanol–water partition coefficient (Wildman–Crippen LogP) is 3.23. The zero-order chi connectivity index (χ0) is 10.5. The molecule has 1 aromatic carbocycles. The van der Waals surface area contributed by atoms with Crippen LogP contribution in [0, 0.1) is 0 Å². The molecule has 1 atom stereocenters. The number of unbranched alkanes of at least 4 members (excludes halogenated alkanes) is 1. The summed E-state index contributed by atoms with van der Waals surface area (Å²) < 4.78 is 0. The zero-order valence-corrected chi connectivity index (χ0v) is 9.21. The molecule has 1 N–H and O–H groups in total. The van der Waals surface area contributed by atoms with Gasteiger partial charge in [0.1, 0.15) is 0 Å². The van der Waals surface area contributed by atoms with Gasteiger partial charge in [-0.25, -0.2) is 0 Å². The van der Waals surface area contributed by atoms with E-state index in [1.165, 1.54) is 30.4 Å². The van der Waals surface area contributed by atoms with Crippen LogP contribution in [0.1, 0.15) is 36.4 Å². The minimum atomic E-state index is 0.565. The van der Waals surface area contributed by atoms with Crippen LogP contribution in [0.2, 0.25) is 0 Å². The lowest BCUT2D eigenvalue weighted by Gasteiger charge is -2.26. The van der Waals surface area contributed by atoms with Crippen LogP contribution in [-0.4, -0.2) is 6.54 Å². The minimum Gasteiger partial charge on any atom is -0.310 e. The highest BCUT2D eigenvalue weighted by Gasteiger charge is 2.17. The Hall–Kier alpha value is -1.08. The average molecular weight is 201 g/mol. The third-order valence-electron chi connectivity index (χ3n) is 3.12. The van der Waals surface area contributed by atoms with Crippen molar-refractivity contribution in [3.05, 3.63) is 48.0 Å². The maximum absolute atomic E-state index is 3.77. The molecule has 0 amide bonds. The van der Waals surface area contributed by atoms with Crippen molar-refractivity contribution >= 4 is 0 Å². The van der Waals surface area contributed by atoms with E-state index in [1.807, 2.05) is 6.08 Å². The van der Waals surface area contributed by atoms with Gasteiger partial charge in [0.05, 0.1) is 0 Å². The second-order valence-electron chi connectivity index (χ2n) is 4.18. The maximum atomic E-state index is 3.77. The lowest BCUT2D eigenvalue weighted by atomic mass is 9.91. The van der Waals surface area contributed by atoms with Crippen molar-refractivity contribution in [1.82, 2.24) is 5.32 Å². The summed E-state index contributed by atoms with van der Waals surface area (Å²) in [6, 6.07) is 9.38. The van der Waals surface area contributed by atoms with Crippen molar-refractivity contribution in [2.75, 3.05) is 6.54 Å². The van der Waals surface area contributed by atoms with Gasteiger partial charge in [0.25, 0.3) is 0 Å². The van der Waals surface area contributed by atoms with Crippen LogP contribution >= 0.6 is 0 Å². The molecule has 2 rings (SSSR count). The molecule has 0 bridgehead atoms. The van der Waals surface area contributed by atoms with Gasteiger partial charge in [-0.15, -0.1) is 6.58 Å². The topological polar surface area (TPSA) is 12.0 Å². The minimum absolute atomic E-state index is 0.565. The Balaban J connectivity index is 2.05. The summed E-state index contributed by atoms with van der Waals surface area (Å²) in [7, 11) is 0. The molecule has 80 valence electrons. The number of hydrogen-bond donors (Lipinski definition) is 1. The molecule has 0 spiro atoms. The number of hydrogen-bond acceptors (Lipinski definition) is 1. The quantitative estimate of drug-likeness (QED) is 0.582. The van der Waals surface area contributed by atoms with Crippen LogP contribution in [-0.2, 0) is 6.42 Å². The predicted molar refractivity (Wildman–Crippen MR) is 64.9 cm³/mol. The van der Waals surface area contributed by atoms with Crippen molar-refractivity contribution in [2.45, 2.75) is 31.7 Å². The summed E-state index contributed by atoms with van der Waals surface area (Å²) in [5.41, 5.74) is 3.03. The first-order chi connectivity index (χ1) is 7.42. The molecule has 0 aliphatic carbocycles. The largest absolute Gasteiger partial charge is 0.310 e. The van der Waals surface area contributed by atoms with E-state index in [0.29, 0.717) is 6.04 Å². The molecule has 0 saturated carbocycles. The number of fused-ring (bicyclic) bond motifs is 1. The molecule has 1 heteroatoms. The van der Waals surface area contributed by atoms with Gasteiger partial charge in [0, 0.05) is 6.04 Å². The fraction of sp³-hybridized carbons (Fsp3) is 0.429. The first kappa shape index (κ1) is 10.4. The lowest BCUT2D eigenvalue weighted by Crippen LogP contribution is -2.29. The van der Waals surface area contributed by atoms with Crippen LogP contribution in [0.4, 0.5) is 0 Å². The Morgan fingerprint density at radius 2 is 2.27 bits per heavy atom. The molecule has 0 aromatic heterocycles. The summed E-state index contributed by atoms with van der Waals surface area (Å²) in [4.78, 5) is 0.